The standard InChI is InChI=1S/C7H9F4NO/c8-5-2-1-3-12(4-5)6(13)7(9,10)11/h5H,1-4H2. The zero-order chi connectivity index (χ0) is 10.1. The molecule has 0 aliphatic carbocycles. The van der Waals surface area contributed by atoms with Gasteiger partial charge in [0.1, 0.15) is 6.17 Å². The summed E-state index contributed by atoms with van der Waals surface area (Å²) in [6, 6.07) is 0. The molecular formula is C7H9F4NO. The Hall–Kier alpha value is -0.810. The lowest BCUT2D eigenvalue weighted by Crippen LogP contribution is -2.46. The van der Waals surface area contributed by atoms with E-state index in [1.54, 1.807) is 0 Å². The van der Waals surface area contributed by atoms with Gasteiger partial charge < -0.3 is 4.90 Å². The monoisotopic (exact) mass is 199 g/mol. The van der Waals surface area contributed by atoms with Crippen molar-refractivity contribution in [3.8, 4) is 0 Å². The molecule has 2 nitrogen and oxygen atoms in total. The third-order valence-electron chi connectivity index (χ3n) is 1.89. The highest BCUT2D eigenvalue weighted by Gasteiger charge is 2.43. The average Bonchev–Trinajstić information content (AvgIpc) is 2.01. The second kappa shape index (κ2) is 3.51. The van der Waals surface area contributed by atoms with Gasteiger partial charge in [-0.1, -0.05) is 0 Å². The number of alkyl halides is 4. The highest BCUT2D eigenvalue weighted by molar-refractivity contribution is 5.81. The summed E-state index contributed by atoms with van der Waals surface area (Å²) in [4.78, 5) is 11.1. The average molecular weight is 199 g/mol. The summed E-state index contributed by atoms with van der Waals surface area (Å²) in [7, 11) is 0. The van der Waals surface area contributed by atoms with Crippen LogP contribution in [0, 0.1) is 0 Å². The molecule has 1 amide bonds. The van der Waals surface area contributed by atoms with E-state index in [1.807, 2.05) is 0 Å². The summed E-state index contributed by atoms with van der Waals surface area (Å²) in [6.07, 6.45) is -5.66. The molecule has 0 radical (unpaired) electrons. The number of rotatable bonds is 0. The fourth-order valence-corrected chi connectivity index (χ4v) is 1.29. The van der Waals surface area contributed by atoms with Crippen LogP contribution in [0.5, 0.6) is 0 Å². The van der Waals surface area contributed by atoms with Crippen molar-refractivity contribution < 1.29 is 22.4 Å². The zero-order valence-corrected chi connectivity index (χ0v) is 6.77. The smallest absolute Gasteiger partial charge is 0.332 e. The third kappa shape index (κ3) is 2.57. The van der Waals surface area contributed by atoms with Crippen LogP contribution >= 0.6 is 0 Å². The number of carbonyl (C=O) groups is 1. The van der Waals surface area contributed by atoms with Crippen molar-refractivity contribution in [3.05, 3.63) is 0 Å². The van der Waals surface area contributed by atoms with Crippen molar-refractivity contribution in [3.63, 3.8) is 0 Å². The molecular weight excluding hydrogens is 190 g/mol. The maximum atomic E-state index is 12.6. The second-order valence-corrected chi connectivity index (χ2v) is 2.99. The van der Waals surface area contributed by atoms with Crippen LogP contribution in [0.1, 0.15) is 12.8 Å². The van der Waals surface area contributed by atoms with Crippen molar-refractivity contribution in [2.45, 2.75) is 25.2 Å². The summed E-state index contributed by atoms with van der Waals surface area (Å²) in [5.41, 5.74) is 0. The van der Waals surface area contributed by atoms with E-state index in [9.17, 15) is 22.4 Å². The SMILES string of the molecule is O=C(N1CCCC(F)C1)C(F)(F)F. The Labute approximate surface area is 72.5 Å². The van der Waals surface area contributed by atoms with Crippen LogP contribution in [0.2, 0.25) is 0 Å². The number of nitrogens with zero attached hydrogens (tertiary/aromatic N) is 1. The molecule has 13 heavy (non-hydrogen) atoms. The highest BCUT2D eigenvalue weighted by atomic mass is 19.4. The molecule has 6 heteroatoms. The van der Waals surface area contributed by atoms with Crippen LogP contribution in [0.3, 0.4) is 0 Å². The molecule has 1 rings (SSSR count). The molecule has 0 saturated carbocycles. The van der Waals surface area contributed by atoms with Crippen LogP contribution < -0.4 is 0 Å². The van der Waals surface area contributed by atoms with Crippen molar-refractivity contribution in [1.29, 1.82) is 0 Å². The Balaban J connectivity index is 2.56. The van der Waals surface area contributed by atoms with Gasteiger partial charge in [0.15, 0.2) is 0 Å². The number of amides is 1. The molecule has 0 bridgehead atoms. The maximum absolute atomic E-state index is 12.6. The minimum atomic E-state index is -4.88. The Morgan fingerprint density at radius 2 is 2.00 bits per heavy atom. The number of piperidine rings is 1. The van der Waals surface area contributed by atoms with E-state index in [2.05, 4.69) is 0 Å². The van der Waals surface area contributed by atoms with Gasteiger partial charge in [-0.25, -0.2) is 4.39 Å². The van der Waals surface area contributed by atoms with Gasteiger partial charge in [0.05, 0.1) is 6.54 Å². The first kappa shape index (κ1) is 10.3. The fourth-order valence-electron chi connectivity index (χ4n) is 1.29. The summed E-state index contributed by atoms with van der Waals surface area (Å²) in [5.74, 6) is -1.94. The highest BCUT2D eigenvalue weighted by Crippen LogP contribution is 2.22. The molecule has 0 N–H and O–H groups in total. The van der Waals surface area contributed by atoms with Crippen LogP contribution in [0.4, 0.5) is 17.6 Å². The lowest BCUT2D eigenvalue weighted by Gasteiger charge is -2.29. The quantitative estimate of drug-likeness (QED) is 0.541. The Morgan fingerprint density at radius 3 is 2.46 bits per heavy atom. The molecule has 0 aromatic rings. The van der Waals surface area contributed by atoms with Crippen molar-refractivity contribution >= 4 is 5.91 Å². The molecule has 1 atom stereocenters. The molecule has 0 aromatic heterocycles. The lowest BCUT2D eigenvalue weighted by atomic mass is 10.1. The zero-order valence-electron chi connectivity index (χ0n) is 6.77. The minimum Gasteiger partial charge on any atom is -0.332 e. The molecule has 0 spiro atoms. The van der Waals surface area contributed by atoms with Crippen LogP contribution in [0.25, 0.3) is 0 Å². The Kier molecular flexibility index (Phi) is 2.77. The van der Waals surface area contributed by atoms with Crippen molar-refractivity contribution in [1.82, 2.24) is 4.90 Å². The van der Waals surface area contributed by atoms with Gasteiger partial charge in [-0.2, -0.15) is 13.2 Å². The van der Waals surface area contributed by atoms with E-state index < -0.39 is 24.8 Å². The molecule has 1 aliphatic heterocycles. The Bertz CT molecular complexity index is 203. The topological polar surface area (TPSA) is 20.3 Å². The van der Waals surface area contributed by atoms with Gasteiger partial charge >= 0.3 is 12.1 Å². The number of halogens is 4. The Morgan fingerprint density at radius 1 is 1.38 bits per heavy atom. The van der Waals surface area contributed by atoms with Gasteiger partial charge in [-0.05, 0) is 12.8 Å². The van der Waals surface area contributed by atoms with Gasteiger partial charge in [-0.3, -0.25) is 4.79 Å². The molecule has 76 valence electrons. The van der Waals surface area contributed by atoms with E-state index in [1.165, 1.54) is 0 Å². The van der Waals surface area contributed by atoms with Crippen molar-refractivity contribution in [2.24, 2.45) is 0 Å². The molecule has 1 aliphatic rings. The van der Waals surface area contributed by atoms with Gasteiger partial charge in [0.2, 0.25) is 0 Å². The van der Waals surface area contributed by atoms with Gasteiger partial charge in [0, 0.05) is 6.54 Å². The third-order valence-corrected chi connectivity index (χ3v) is 1.89. The van der Waals surface area contributed by atoms with E-state index in [-0.39, 0.29) is 13.0 Å². The predicted octanol–water partition coefficient (Wildman–Crippen LogP) is 1.51. The maximum Gasteiger partial charge on any atom is 0.471 e. The number of hydrogen-bond acceptors (Lipinski definition) is 1. The largest absolute Gasteiger partial charge is 0.471 e. The molecule has 1 unspecified atom stereocenters. The van der Waals surface area contributed by atoms with Crippen LogP contribution in [-0.2, 0) is 4.79 Å². The van der Waals surface area contributed by atoms with E-state index in [0.717, 1.165) is 0 Å². The van der Waals surface area contributed by atoms with E-state index in [0.29, 0.717) is 11.3 Å². The normalized spacial score (nSPS) is 24.6. The van der Waals surface area contributed by atoms with Crippen LogP contribution in [0.15, 0.2) is 0 Å². The number of hydrogen-bond donors (Lipinski definition) is 0. The minimum absolute atomic E-state index is 0.00123. The van der Waals surface area contributed by atoms with E-state index >= 15 is 0 Å². The summed E-state index contributed by atoms with van der Waals surface area (Å²) < 4.78 is 48.2. The number of carbonyl (C=O) groups excluding carboxylic acids is 1. The number of likely N-dealkylation sites (tertiary alicyclic amines) is 1. The van der Waals surface area contributed by atoms with E-state index in [4.69, 9.17) is 0 Å². The summed E-state index contributed by atoms with van der Waals surface area (Å²) >= 11 is 0. The molecule has 1 fully saturated rings. The summed E-state index contributed by atoms with van der Waals surface area (Å²) in [5, 5.41) is 0. The fraction of sp³-hybridized carbons (Fsp3) is 0.857. The first-order valence-corrected chi connectivity index (χ1v) is 3.91. The first-order chi connectivity index (χ1) is 5.91. The summed E-state index contributed by atoms with van der Waals surface area (Å²) in [6.45, 7) is -0.433. The molecule has 0 aromatic carbocycles. The van der Waals surface area contributed by atoms with Crippen LogP contribution in [-0.4, -0.2) is 36.2 Å². The second-order valence-electron chi connectivity index (χ2n) is 2.99. The van der Waals surface area contributed by atoms with Gasteiger partial charge in [0.25, 0.3) is 0 Å². The first-order valence-electron chi connectivity index (χ1n) is 3.91. The molecule has 1 heterocycles. The molecule has 1 saturated heterocycles. The lowest BCUT2D eigenvalue weighted by molar-refractivity contribution is -0.187. The predicted molar refractivity (Wildman–Crippen MR) is 36.8 cm³/mol. The van der Waals surface area contributed by atoms with Crippen molar-refractivity contribution in [2.75, 3.05) is 13.1 Å². The van der Waals surface area contributed by atoms with Gasteiger partial charge in [-0.15, -0.1) is 0 Å².